The van der Waals surface area contributed by atoms with Crippen molar-refractivity contribution in [1.82, 2.24) is 5.32 Å². The second-order valence-corrected chi connectivity index (χ2v) is 18.8. The maximum Gasteiger partial charge on any atom is 0.249 e. The number of aliphatic hydroxyl groups is 3. The van der Waals surface area contributed by atoms with Gasteiger partial charge in [0, 0.05) is 0 Å². The summed E-state index contributed by atoms with van der Waals surface area (Å²) < 4.78 is 0. The summed E-state index contributed by atoms with van der Waals surface area (Å²) in [7, 11) is 0. The van der Waals surface area contributed by atoms with Gasteiger partial charge in [-0.15, -0.1) is 0 Å². The van der Waals surface area contributed by atoms with E-state index in [9.17, 15) is 20.1 Å². The number of carbonyl (C=O) groups excluding carboxylic acids is 1. The third-order valence-corrected chi connectivity index (χ3v) is 12.9. The molecule has 352 valence electrons. The van der Waals surface area contributed by atoms with Gasteiger partial charge >= 0.3 is 0 Å². The average Bonchev–Trinajstić information content (AvgIpc) is 3.24. The standard InChI is InChI=1S/C54H107NO4/c1-3-5-7-9-11-13-15-17-19-20-21-22-23-24-25-26-27-28-29-30-31-32-33-34-35-37-39-41-43-45-47-49-53(58)54(59)55-51(50-56)52(57)48-46-44-42-40-38-36-18-16-14-12-10-8-6-4-2/h46,48,51-53,56-58H,3-45,47,49-50H2,1-2H3,(H,55,59)/b48-46+. The zero-order chi connectivity index (χ0) is 43.0. The van der Waals surface area contributed by atoms with Crippen LogP contribution in [0, 0.1) is 0 Å². The van der Waals surface area contributed by atoms with Crippen molar-refractivity contribution in [2.45, 2.75) is 321 Å². The van der Waals surface area contributed by atoms with Crippen molar-refractivity contribution in [1.29, 1.82) is 0 Å². The van der Waals surface area contributed by atoms with E-state index in [1.807, 2.05) is 6.08 Å². The minimum atomic E-state index is -1.09. The molecule has 0 saturated carbocycles. The van der Waals surface area contributed by atoms with Gasteiger partial charge in [-0.25, -0.2) is 0 Å². The molecule has 0 aliphatic rings. The molecule has 0 aromatic rings. The predicted molar refractivity (Wildman–Crippen MR) is 259 cm³/mol. The summed E-state index contributed by atoms with van der Waals surface area (Å²) in [5.74, 6) is -0.497. The van der Waals surface area contributed by atoms with Crippen LogP contribution in [0.4, 0.5) is 0 Å². The summed E-state index contributed by atoms with van der Waals surface area (Å²) in [4.78, 5) is 12.5. The first kappa shape index (κ1) is 58.1. The molecule has 0 saturated heterocycles. The highest BCUT2D eigenvalue weighted by molar-refractivity contribution is 5.80. The number of nitrogens with one attached hydrogen (secondary N) is 1. The molecular formula is C54H107NO4. The molecule has 3 unspecified atom stereocenters. The van der Waals surface area contributed by atoms with Gasteiger partial charge < -0.3 is 20.6 Å². The van der Waals surface area contributed by atoms with Crippen molar-refractivity contribution >= 4 is 5.91 Å². The number of hydrogen-bond donors (Lipinski definition) is 4. The van der Waals surface area contributed by atoms with E-state index < -0.39 is 24.2 Å². The highest BCUT2D eigenvalue weighted by Crippen LogP contribution is 2.18. The first-order valence-corrected chi connectivity index (χ1v) is 27.0. The molecule has 0 bridgehead atoms. The van der Waals surface area contributed by atoms with Gasteiger partial charge in [-0.2, -0.15) is 0 Å². The van der Waals surface area contributed by atoms with Crippen LogP contribution in [0.3, 0.4) is 0 Å². The molecule has 0 aliphatic carbocycles. The van der Waals surface area contributed by atoms with Gasteiger partial charge in [-0.1, -0.05) is 296 Å². The number of aliphatic hydroxyl groups excluding tert-OH is 3. The average molecular weight is 834 g/mol. The van der Waals surface area contributed by atoms with Gasteiger partial charge in [0.25, 0.3) is 0 Å². The molecule has 59 heavy (non-hydrogen) atoms. The second-order valence-electron chi connectivity index (χ2n) is 18.8. The first-order valence-electron chi connectivity index (χ1n) is 27.0. The van der Waals surface area contributed by atoms with Crippen molar-refractivity contribution < 1.29 is 20.1 Å². The number of amides is 1. The van der Waals surface area contributed by atoms with Crippen molar-refractivity contribution in [2.24, 2.45) is 0 Å². The lowest BCUT2D eigenvalue weighted by Crippen LogP contribution is -2.48. The normalized spacial score (nSPS) is 13.4. The molecule has 5 nitrogen and oxygen atoms in total. The van der Waals surface area contributed by atoms with Crippen LogP contribution in [0.2, 0.25) is 0 Å². The molecule has 0 aromatic heterocycles. The monoisotopic (exact) mass is 834 g/mol. The summed E-state index contributed by atoms with van der Waals surface area (Å²) in [5, 5.41) is 33.2. The number of allylic oxidation sites excluding steroid dienone is 1. The molecule has 4 N–H and O–H groups in total. The van der Waals surface area contributed by atoms with Crippen LogP contribution in [-0.2, 0) is 4.79 Å². The molecule has 0 rings (SSSR count). The van der Waals surface area contributed by atoms with E-state index in [1.165, 1.54) is 250 Å². The fourth-order valence-electron chi connectivity index (χ4n) is 8.66. The van der Waals surface area contributed by atoms with Crippen LogP contribution in [0.5, 0.6) is 0 Å². The summed E-state index contributed by atoms with van der Waals surface area (Å²) in [6.45, 7) is 4.21. The Morgan fingerprint density at radius 1 is 0.407 bits per heavy atom. The Morgan fingerprint density at radius 2 is 0.661 bits per heavy atom. The Hall–Kier alpha value is -0.910. The smallest absolute Gasteiger partial charge is 0.249 e. The Balaban J connectivity index is 3.48. The van der Waals surface area contributed by atoms with Gasteiger partial charge in [0.1, 0.15) is 6.10 Å². The Bertz CT molecular complexity index is 833. The second kappa shape index (κ2) is 49.7. The largest absolute Gasteiger partial charge is 0.394 e. The van der Waals surface area contributed by atoms with E-state index in [1.54, 1.807) is 6.08 Å². The van der Waals surface area contributed by atoms with Gasteiger partial charge in [0.15, 0.2) is 0 Å². The first-order chi connectivity index (χ1) is 29.1. The highest BCUT2D eigenvalue weighted by atomic mass is 16.3. The fourth-order valence-corrected chi connectivity index (χ4v) is 8.66. The summed E-state index contributed by atoms with van der Waals surface area (Å²) in [5.41, 5.74) is 0. The molecule has 0 heterocycles. The maximum absolute atomic E-state index is 12.5. The number of unbranched alkanes of at least 4 members (excludes halogenated alkanes) is 42. The van der Waals surface area contributed by atoms with Crippen LogP contribution >= 0.6 is 0 Å². The topological polar surface area (TPSA) is 89.8 Å². The van der Waals surface area contributed by atoms with E-state index in [0.29, 0.717) is 6.42 Å². The third-order valence-electron chi connectivity index (χ3n) is 12.9. The van der Waals surface area contributed by atoms with Crippen molar-refractivity contribution in [3.05, 3.63) is 12.2 Å². The number of carbonyl (C=O) groups is 1. The maximum atomic E-state index is 12.5. The molecule has 0 fully saturated rings. The van der Waals surface area contributed by atoms with Gasteiger partial charge in [-0.3, -0.25) is 4.79 Å². The van der Waals surface area contributed by atoms with E-state index in [4.69, 9.17) is 0 Å². The minimum Gasteiger partial charge on any atom is -0.394 e. The summed E-state index contributed by atoms with van der Waals surface area (Å²) in [6, 6.07) is -0.793. The van der Waals surface area contributed by atoms with E-state index in [2.05, 4.69) is 19.2 Å². The lowest BCUT2D eigenvalue weighted by molar-refractivity contribution is -0.131. The van der Waals surface area contributed by atoms with E-state index in [-0.39, 0.29) is 6.61 Å². The Morgan fingerprint density at radius 3 is 0.932 bits per heavy atom. The van der Waals surface area contributed by atoms with Crippen molar-refractivity contribution in [2.75, 3.05) is 6.61 Å². The fraction of sp³-hybridized carbons (Fsp3) is 0.944. The molecule has 1 amide bonds. The van der Waals surface area contributed by atoms with Crippen LogP contribution in [0.1, 0.15) is 303 Å². The quantitative estimate of drug-likeness (QED) is 0.0363. The SMILES string of the molecule is CCCCCCCCCCCCCC/C=C/C(O)C(CO)NC(=O)C(O)CCCCCCCCCCCCCCCCCCCCCCCCCCCCCCCCC. The van der Waals surface area contributed by atoms with Gasteiger partial charge in [-0.05, 0) is 19.3 Å². The zero-order valence-electron chi connectivity index (χ0n) is 40.2. The lowest BCUT2D eigenvalue weighted by atomic mass is 10.0. The highest BCUT2D eigenvalue weighted by Gasteiger charge is 2.22. The molecule has 0 spiro atoms. The number of hydrogen-bond acceptors (Lipinski definition) is 4. The van der Waals surface area contributed by atoms with Crippen LogP contribution in [0.15, 0.2) is 12.2 Å². The molecular weight excluding hydrogens is 727 g/mol. The molecule has 3 atom stereocenters. The summed E-state index contributed by atoms with van der Waals surface area (Å²) in [6.07, 6.45) is 61.5. The van der Waals surface area contributed by atoms with Crippen molar-refractivity contribution in [3.8, 4) is 0 Å². The van der Waals surface area contributed by atoms with Crippen LogP contribution in [0.25, 0.3) is 0 Å². The van der Waals surface area contributed by atoms with Crippen molar-refractivity contribution in [3.63, 3.8) is 0 Å². The third kappa shape index (κ3) is 44.9. The number of rotatable bonds is 50. The molecule has 5 heteroatoms. The van der Waals surface area contributed by atoms with Crippen LogP contribution in [-0.4, -0.2) is 46.1 Å². The molecule has 0 radical (unpaired) electrons. The molecule has 0 aromatic carbocycles. The Labute approximate surface area is 369 Å². The lowest BCUT2D eigenvalue weighted by Gasteiger charge is -2.21. The van der Waals surface area contributed by atoms with E-state index in [0.717, 1.165) is 32.1 Å². The van der Waals surface area contributed by atoms with Gasteiger partial charge in [0.2, 0.25) is 5.91 Å². The van der Waals surface area contributed by atoms with Gasteiger partial charge in [0.05, 0.1) is 18.8 Å². The Kier molecular flexibility index (Phi) is 49.0. The van der Waals surface area contributed by atoms with E-state index >= 15 is 0 Å². The minimum absolute atomic E-state index is 0.359. The van der Waals surface area contributed by atoms with Crippen LogP contribution < -0.4 is 5.32 Å². The zero-order valence-corrected chi connectivity index (χ0v) is 40.2. The summed E-state index contributed by atoms with van der Waals surface area (Å²) >= 11 is 0. The molecule has 0 aliphatic heterocycles. The predicted octanol–water partition coefficient (Wildman–Crippen LogP) is 16.3.